The monoisotopic (exact) mass is 210 g/mol. The van der Waals surface area contributed by atoms with E-state index in [-0.39, 0.29) is 6.10 Å². The summed E-state index contributed by atoms with van der Waals surface area (Å²) < 4.78 is 9.65. The van der Waals surface area contributed by atoms with Crippen molar-refractivity contribution in [3.05, 3.63) is 23.8 Å². The molecule has 0 heterocycles. The Kier molecular flexibility index (Phi) is 3.95. The molecular formula is C12H18O3. The van der Waals surface area contributed by atoms with Gasteiger partial charge in [-0.1, -0.05) is 18.2 Å². The van der Waals surface area contributed by atoms with Crippen LogP contribution in [0.25, 0.3) is 0 Å². The van der Waals surface area contributed by atoms with Crippen LogP contribution >= 0.6 is 0 Å². The largest absolute Gasteiger partial charge is 0.508 e. The van der Waals surface area contributed by atoms with Gasteiger partial charge in [0.15, 0.2) is 0 Å². The summed E-state index contributed by atoms with van der Waals surface area (Å²) in [4.78, 5) is 11.0. The highest BCUT2D eigenvalue weighted by Crippen LogP contribution is 2.30. The van der Waals surface area contributed by atoms with Crippen molar-refractivity contribution < 1.29 is 14.3 Å². The van der Waals surface area contributed by atoms with E-state index in [0.29, 0.717) is 5.92 Å². The number of methoxy groups -OCH3 is 1. The molecule has 0 bridgehead atoms. The smallest absolute Gasteiger partial charge is 0.438 e. The molecule has 0 saturated heterocycles. The predicted octanol–water partition coefficient (Wildman–Crippen LogP) is 3.07. The molecule has 15 heavy (non-hydrogen) atoms. The molecule has 0 aromatic carbocycles. The molecule has 0 amide bonds. The molecule has 0 spiro atoms. The highest BCUT2D eigenvalue weighted by molar-refractivity contribution is 5.60. The van der Waals surface area contributed by atoms with E-state index >= 15 is 0 Å². The number of hydrogen-bond acceptors (Lipinski definition) is 3. The lowest BCUT2D eigenvalue weighted by Crippen LogP contribution is -2.26. The third-order valence-corrected chi connectivity index (χ3v) is 2.83. The van der Waals surface area contributed by atoms with Crippen LogP contribution in [0.5, 0.6) is 0 Å². The molecule has 1 aliphatic rings. The molecule has 0 radical (unpaired) electrons. The third kappa shape index (κ3) is 3.11. The lowest BCUT2D eigenvalue weighted by Gasteiger charge is -2.28. The van der Waals surface area contributed by atoms with Crippen molar-refractivity contribution in [3.63, 3.8) is 0 Å². The maximum atomic E-state index is 11.0. The van der Waals surface area contributed by atoms with Crippen molar-refractivity contribution in [2.75, 3.05) is 7.11 Å². The van der Waals surface area contributed by atoms with E-state index in [9.17, 15) is 4.79 Å². The highest BCUT2D eigenvalue weighted by atomic mass is 16.7. The van der Waals surface area contributed by atoms with Crippen molar-refractivity contribution in [3.8, 4) is 0 Å². The second-order valence-electron chi connectivity index (χ2n) is 4.02. The van der Waals surface area contributed by atoms with Crippen molar-refractivity contribution in [1.82, 2.24) is 0 Å². The molecule has 1 aliphatic carbocycles. The van der Waals surface area contributed by atoms with Crippen LogP contribution in [0.1, 0.15) is 26.7 Å². The Hall–Kier alpha value is -1.25. The average molecular weight is 210 g/mol. The van der Waals surface area contributed by atoms with Crippen LogP contribution in [0.4, 0.5) is 4.79 Å². The molecule has 2 unspecified atom stereocenters. The van der Waals surface area contributed by atoms with Gasteiger partial charge in [-0.3, -0.25) is 0 Å². The zero-order valence-corrected chi connectivity index (χ0v) is 9.58. The summed E-state index contributed by atoms with van der Waals surface area (Å²) in [6.45, 7) is 7.92. The van der Waals surface area contributed by atoms with Gasteiger partial charge in [0.05, 0.1) is 7.11 Å². The molecule has 0 N–H and O–H groups in total. The zero-order chi connectivity index (χ0) is 11.4. The van der Waals surface area contributed by atoms with Gasteiger partial charge in [0.25, 0.3) is 0 Å². The summed E-state index contributed by atoms with van der Waals surface area (Å²) in [7, 11) is 1.32. The van der Waals surface area contributed by atoms with Gasteiger partial charge in [-0.2, -0.15) is 0 Å². The minimum atomic E-state index is -0.616. The standard InChI is InChI=1S/C12H18O3/c1-8(2)10-6-5-9(3)11(7-10)15-12(13)14-4/h5,10-11H,1,6-7H2,2-4H3. The molecule has 3 nitrogen and oxygen atoms in total. The fourth-order valence-electron chi connectivity index (χ4n) is 1.71. The Morgan fingerprint density at radius 1 is 1.60 bits per heavy atom. The molecule has 3 heteroatoms. The Bertz CT molecular complexity index is 291. The SMILES string of the molecule is C=C(C)C1CC=C(C)C(OC(=O)OC)C1. The van der Waals surface area contributed by atoms with E-state index in [4.69, 9.17) is 4.74 Å². The van der Waals surface area contributed by atoms with Crippen molar-refractivity contribution >= 4 is 6.16 Å². The Morgan fingerprint density at radius 2 is 2.27 bits per heavy atom. The molecular weight excluding hydrogens is 192 g/mol. The molecule has 84 valence electrons. The van der Waals surface area contributed by atoms with E-state index in [0.717, 1.165) is 24.0 Å². The number of carbonyl (C=O) groups excluding carboxylic acids is 1. The number of carbonyl (C=O) groups is 1. The van der Waals surface area contributed by atoms with Crippen LogP contribution in [0.15, 0.2) is 23.8 Å². The first-order valence-electron chi connectivity index (χ1n) is 5.11. The van der Waals surface area contributed by atoms with Gasteiger partial charge in [-0.05, 0) is 38.2 Å². The van der Waals surface area contributed by atoms with Crippen LogP contribution in [0, 0.1) is 5.92 Å². The van der Waals surface area contributed by atoms with Gasteiger partial charge < -0.3 is 9.47 Å². The first kappa shape index (κ1) is 11.8. The van der Waals surface area contributed by atoms with Gasteiger partial charge in [0.1, 0.15) is 6.10 Å². The van der Waals surface area contributed by atoms with E-state index in [1.807, 2.05) is 13.8 Å². The summed E-state index contributed by atoms with van der Waals surface area (Å²) in [5.41, 5.74) is 2.23. The van der Waals surface area contributed by atoms with E-state index in [2.05, 4.69) is 17.4 Å². The molecule has 1 rings (SSSR count). The van der Waals surface area contributed by atoms with E-state index in [1.54, 1.807) is 0 Å². The van der Waals surface area contributed by atoms with Gasteiger partial charge in [0.2, 0.25) is 0 Å². The van der Waals surface area contributed by atoms with Gasteiger partial charge in [0, 0.05) is 0 Å². The van der Waals surface area contributed by atoms with Gasteiger partial charge in [-0.25, -0.2) is 4.79 Å². The van der Waals surface area contributed by atoms with E-state index in [1.165, 1.54) is 7.11 Å². The van der Waals surface area contributed by atoms with Crippen LogP contribution < -0.4 is 0 Å². The van der Waals surface area contributed by atoms with E-state index < -0.39 is 6.16 Å². The van der Waals surface area contributed by atoms with Crippen molar-refractivity contribution in [2.45, 2.75) is 32.8 Å². The van der Waals surface area contributed by atoms with Crippen LogP contribution in [-0.2, 0) is 9.47 Å². The van der Waals surface area contributed by atoms with Gasteiger partial charge >= 0.3 is 6.16 Å². The molecule has 0 aliphatic heterocycles. The maximum absolute atomic E-state index is 11.0. The predicted molar refractivity (Wildman–Crippen MR) is 58.6 cm³/mol. The number of ether oxygens (including phenoxy) is 2. The van der Waals surface area contributed by atoms with Gasteiger partial charge in [-0.15, -0.1) is 0 Å². The molecule has 0 fully saturated rings. The molecule has 2 atom stereocenters. The quantitative estimate of drug-likeness (QED) is 0.519. The lowest BCUT2D eigenvalue weighted by atomic mass is 9.84. The summed E-state index contributed by atoms with van der Waals surface area (Å²) >= 11 is 0. The third-order valence-electron chi connectivity index (χ3n) is 2.83. The minimum Gasteiger partial charge on any atom is -0.438 e. The Balaban J connectivity index is 2.63. The molecule has 0 saturated carbocycles. The topological polar surface area (TPSA) is 35.5 Å². The van der Waals surface area contributed by atoms with Crippen LogP contribution in [-0.4, -0.2) is 19.4 Å². The average Bonchev–Trinajstić information content (AvgIpc) is 2.20. The summed E-state index contributed by atoms with van der Waals surface area (Å²) in [5.74, 6) is 0.406. The van der Waals surface area contributed by atoms with Crippen LogP contribution in [0.2, 0.25) is 0 Å². The second kappa shape index (κ2) is 5.01. The Labute approximate surface area is 90.8 Å². The normalized spacial score (nSPS) is 25.4. The summed E-state index contributed by atoms with van der Waals surface area (Å²) in [6, 6.07) is 0. The Morgan fingerprint density at radius 3 is 2.80 bits per heavy atom. The van der Waals surface area contributed by atoms with Crippen LogP contribution in [0.3, 0.4) is 0 Å². The van der Waals surface area contributed by atoms with Crippen molar-refractivity contribution in [2.24, 2.45) is 5.92 Å². The number of allylic oxidation sites excluding steroid dienone is 2. The zero-order valence-electron chi connectivity index (χ0n) is 9.58. The molecule has 0 aromatic heterocycles. The number of hydrogen-bond donors (Lipinski definition) is 0. The fraction of sp³-hybridized carbons (Fsp3) is 0.583. The maximum Gasteiger partial charge on any atom is 0.508 e. The fourth-order valence-corrected chi connectivity index (χ4v) is 1.71. The first-order chi connectivity index (χ1) is 7.04. The molecule has 0 aromatic rings. The summed E-state index contributed by atoms with van der Waals surface area (Å²) in [6.07, 6.45) is 3.13. The second-order valence-corrected chi connectivity index (χ2v) is 4.02. The lowest BCUT2D eigenvalue weighted by molar-refractivity contribution is 0.0402. The first-order valence-corrected chi connectivity index (χ1v) is 5.11. The number of rotatable bonds is 2. The van der Waals surface area contributed by atoms with Crippen molar-refractivity contribution in [1.29, 1.82) is 0 Å². The minimum absolute atomic E-state index is 0.159. The summed E-state index contributed by atoms with van der Waals surface area (Å²) in [5, 5.41) is 0. The highest BCUT2D eigenvalue weighted by Gasteiger charge is 2.25.